The van der Waals surface area contributed by atoms with Gasteiger partial charge in [0.1, 0.15) is 13.2 Å². The van der Waals surface area contributed by atoms with E-state index < -0.39 is 0 Å². The third-order valence-corrected chi connectivity index (χ3v) is 4.21. The summed E-state index contributed by atoms with van der Waals surface area (Å²) in [5.74, 6) is 2.42. The van der Waals surface area contributed by atoms with E-state index in [2.05, 4.69) is 48.1 Å². The number of benzene rings is 1. The Morgan fingerprint density at radius 3 is 2.40 bits per heavy atom. The van der Waals surface area contributed by atoms with Gasteiger partial charge in [0.25, 0.3) is 0 Å². The summed E-state index contributed by atoms with van der Waals surface area (Å²) in [6.07, 6.45) is 2.34. The molecule has 1 aromatic rings. The molecule has 0 aliphatic carbocycles. The maximum Gasteiger partial charge on any atom is 0.162 e. The number of hydrogen-bond donors (Lipinski definition) is 1. The molecule has 1 unspecified atom stereocenters. The molecule has 0 fully saturated rings. The Bertz CT molecular complexity index is 448. The summed E-state index contributed by atoms with van der Waals surface area (Å²) in [5, 5.41) is 3.58. The van der Waals surface area contributed by atoms with E-state index in [1.807, 2.05) is 6.07 Å². The third-order valence-electron chi connectivity index (χ3n) is 3.52. The van der Waals surface area contributed by atoms with Crippen molar-refractivity contribution in [1.29, 1.82) is 0 Å². The zero-order chi connectivity index (χ0) is 14.5. The zero-order valence-corrected chi connectivity index (χ0v) is 14.1. The maximum atomic E-state index is 5.70. The number of ether oxygens (including phenoxy) is 2. The second-order valence-corrected chi connectivity index (χ2v) is 6.45. The Morgan fingerprint density at radius 1 is 1.15 bits per heavy atom. The first-order chi connectivity index (χ1) is 9.61. The Labute approximate surface area is 130 Å². The van der Waals surface area contributed by atoms with Gasteiger partial charge in [0, 0.05) is 10.5 Å². The van der Waals surface area contributed by atoms with Gasteiger partial charge in [-0.1, -0.05) is 36.7 Å². The largest absolute Gasteiger partial charge is 0.486 e. The molecule has 1 aliphatic heterocycles. The van der Waals surface area contributed by atoms with Crippen LogP contribution >= 0.6 is 15.9 Å². The van der Waals surface area contributed by atoms with Crippen molar-refractivity contribution < 1.29 is 9.47 Å². The minimum absolute atomic E-state index is 0.354. The number of nitrogens with one attached hydrogen (secondary N) is 1. The average molecular weight is 342 g/mol. The third kappa shape index (κ3) is 3.89. The van der Waals surface area contributed by atoms with Gasteiger partial charge in [0.15, 0.2) is 11.5 Å². The van der Waals surface area contributed by atoms with Crippen molar-refractivity contribution in [3.05, 3.63) is 22.2 Å². The molecule has 0 amide bonds. The molecule has 4 heteroatoms. The minimum Gasteiger partial charge on any atom is -0.486 e. The van der Waals surface area contributed by atoms with E-state index in [1.54, 1.807) is 0 Å². The van der Waals surface area contributed by atoms with Crippen LogP contribution in [0.3, 0.4) is 0 Å². The molecule has 0 saturated carbocycles. The van der Waals surface area contributed by atoms with Crippen LogP contribution in [0.25, 0.3) is 0 Å². The molecular formula is C16H24BrNO2. The Balaban J connectivity index is 2.22. The lowest BCUT2D eigenvalue weighted by atomic mass is 9.97. The summed E-state index contributed by atoms with van der Waals surface area (Å²) >= 11 is 3.68. The SMILES string of the molecule is CCNC(CCC(C)C)c1cc2c(cc1Br)OCCO2. The lowest BCUT2D eigenvalue weighted by Gasteiger charge is -2.24. The first-order valence-corrected chi connectivity index (χ1v) is 8.23. The molecule has 3 nitrogen and oxygen atoms in total. The molecule has 0 spiro atoms. The van der Waals surface area contributed by atoms with Gasteiger partial charge < -0.3 is 14.8 Å². The predicted molar refractivity (Wildman–Crippen MR) is 85.6 cm³/mol. The fraction of sp³-hybridized carbons (Fsp3) is 0.625. The second kappa shape index (κ2) is 7.32. The first-order valence-electron chi connectivity index (χ1n) is 7.44. The lowest BCUT2D eigenvalue weighted by molar-refractivity contribution is 0.171. The monoisotopic (exact) mass is 341 g/mol. The topological polar surface area (TPSA) is 30.5 Å². The average Bonchev–Trinajstić information content (AvgIpc) is 2.42. The molecule has 112 valence electrons. The summed E-state index contributed by atoms with van der Waals surface area (Å²) in [6, 6.07) is 4.50. The van der Waals surface area contributed by atoms with E-state index in [0.29, 0.717) is 25.2 Å². The zero-order valence-electron chi connectivity index (χ0n) is 12.5. The maximum absolute atomic E-state index is 5.70. The molecule has 1 aliphatic rings. The summed E-state index contributed by atoms with van der Waals surface area (Å²) in [5.41, 5.74) is 1.26. The summed E-state index contributed by atoms with van der Waals surface area (Å²) in [6.45, 7) is 8.90. The Morgan fingerprint density at radius 2 is 1.80 bits per heavy atom. The number of rotatable bonds is 6. The van der Waals surface area contributed by atoms with Crippen molar-refractivity contribution in [3.8, 4) is 11.5 Å². The molecule has 1 N–H and O–H groups in total. The van der Waals surface area contributed by atoms with Crippen LogP contribution < -0.4 is 14.8 Å². The molecular weight excluding hydrogens is 318 g/mol. The van der Waals surface area contributed by atoms with Gasteiger partial charge in [-0.15, -0.1) is 0 Å². The van der Waals surface area contributed by atoms with Crippen LogP contribution in [-0.4, -0.2) is 19.8 Å². The molecule has 1 heterocycles. The minimum atomic E-state index is 0.354. The second-order valence-electron chi connectivity index (χ2n) is 5.60. The molecule has 1 atom stereocenters. The van der Waals surface area contributed by atoms with Gasteiger partial charge in [-0.2, -0.15) is 0 Å². The molecule has 0 aromatic heterocycles. The van der Waals surface area contributed by atoms with E-state index >= 15 is 0 Å². The van der Waals surface area contributed by atoms with E-state index in [1.165, 1.54) is 12.0 Å². The highest BCUT2D eigenvalue weighted by Gasteiger charge is 2.20. The smallest absolute Gasteiger partial charge is 0.162 e. The van der Waals surface area contributed by atoms with Gasteiger partial charge in [0.2, 0.25) is 0 Å². The van der Waals surface area contributed by atoms with Crippen molar-refractivity contribution in [2.45, 2.75) is 39.7 Å². The number of fused-ring (bicyclic) bond motifs is 1. The first kappa shape index (κ1) is 15.6. The van der Waals surface area contributed by atoms with Crippen LogP contribution in [0.15, 0.2) is 16.6 Å². The molecule has 0 saturated heterocycles. The summed E-state index contributed by atoms with van der Waals surface area (Å²) in [4.78, 5) is 0. The van der Waals surface area contributed by atoms with Crippen molar-refractivity contribution in [2.24, 2.45) is 5.92 Å². The summed E-state index contributed by atoms with van der Waals surface area (Å²) < 4.78 is 12.4. The van der Waals surface area contributed by atoms with Gasteiger partial charge >= 0.3 is 0 Å². The van der Waals surface area contributed by atoms with Crippen molar-refractivity contribution in [3.63, 3.8) is 0 Å². The van der Waals surface area contributed by atoms with Crippen molar-refractivity contribution in [2.75, 3.05) is 19.8 Å². The van der Waals surface area contributed by atoms with Crippen molar-refractivity contribution >= 4 is 15.9 Å². The van der Waals surface area contributed by atoms with Gasteiger partial charge in [-0.05, 0) is 43.0 Å². The Kier molecular flexibility index (Phi) is 5.73. The molecule has 0 radical (unpaired) electrons. The highest BCUT2D eigenvalue weighted by molar-refractivity contribution is 9.10. The van der Waals surface area contributed by atoms with E-state index in [0.717, 1.165) is 28.9 Å². The van der Waals surface area contributed by atoms with E-state index in [4.69, 9.17) is 9.47 Å². The standard InChI is InChI=1S/C16H24BrNO2/c1-4-18-14(6-5-11(2)3)12-9-15-16(10-13(12)17)20-8-7-19-15/h9-11,14,18H,4-8H2,1-3H3. The fourth-order valence-corrected chi connectivity index (χ4v) is 3.06. The van der Waals surface area contributed by atoms with Crippen LogP contribution in [0.5, 0.6) is 11.5 Å². The van der Waals surface area contributed by atoms with Crippen LogP contribution in [0, 0.1) is 5.92 Å². The summed E-state index contributed by atoms with van der Waals surface area (Å²) in [7, 11) is 0. The van der Waals surface area contributed by atoms with Crippen LogP contribution in [0.1, 0.15) is 45.2 Å². The molecule has 20 heavy (non-hydrogen) atoms. The highest BCUT2D eigenvalue weighted by atomic mass is 79.9. The molecule has 2 rings (SSSR count). The van der Waals surface area contributed by atoms with Crippen LogP contribution in [0.2, 0.25) is 0 Å². The number of hydrogen-bond acceptors (Lipinski definition) is 3. The molecule has 1 aromatic carbocycles. The quantitative estimate of drug-likeness (QED) is 0.836. The van der Waals surface area contributed by atoms with Gasteiger partial charge in [-0.25, -0.2) is 0 Å². The normalized spacial score (nSPS) is 15.4. The van der Waals surface area contributed by atoms with E-state index in [-0.39, 0.29) is 0 Å². The van der Waals surface area contributed by atoms with Crippen molar-refractivity contribution in [1.82, 2.24) is 5.32 Å². The van der Waals surface area contributed by atoms with Gasteiger partial charge in [-0.3, -0.25) is 0 Å². The molecule has 0 bridgehead atoms. The van der Waals surface area contributed by atoms with Crippen LogP contribution in [0.4, 0.5) is 0 Å². The highest BCUT2D eigenvalue weighted by Crippen LogP contribution is 2.39. The van der Waals surface area contributed by atoms with E-state index in [9.17, 15) is 0 Å². The lowest BCUT2D eigenvalue weighted by Crippen LogP contribution is -2.22. The predicted octanol–water partition coefficient (Wildman–Crippen LogP) is 4.31. The fourth-order valence-electron chi connectivity index (χ4n) is 2.46. The van der Waals surface area contributed by atoms with Gasteiger partial charge in [0.05, 0.1) is 0 Å². The van der Waals surface area contributed by atoms with Crippen LogP contribution in [-0.2, 0) is 0 Å². The number of halogens is 1. The Hall–Kier alpha value is -0.740.